The van der Waals surface area contributed by atoms with Crippen LogP contribution in [0.3, 0.4) is 0 Å². The summed E-state index contributed by atoms with van der Waals surface area (Å²) in [5.41, 5.74) is 2.89. The van der Waals surface area contributed by atoms with E-state index in [2.05, 4.69) is 58.9 Å². The molecule has 2 aromatic rings. The maximum Gasteiger partial charge on any atom is 0.269 e. The van der Waals surface area contributed by atoms with Crippen LogP contribution < -0.4 is 0 Å². The van der Waals surface area contributed by atoms with Crippen molar-refractivity contribution >= 4 is 5.69 Å². The monoisotopic (exact) mass is 476 g/mol. The van der Waals surface area contributed by atoms with Crippen molar-refractivity contribution in [2.24, 2.45) is 5.92 Å². The normalized spacial score (nSPS) is 35.4. The Labute approximate surface area is 208 Å². The largest absolute Gasteiger partial charge is 0.299 e. The molecule has 0 aliphatic carbocycles. The number of hydrogen-bond acceptors (Lipinski definition) is 5. The number of nitrogens with zero attached hydrogens (tertiary/aromatic N) is 5. The second-order valence-electron chi connectivity index (χ2n) is 11.5. The second kappa shape index (κ2) is 8.37. The van der Waals surface area contributed by atoms with Gasteiger partial charge < -0.3 is 0 Å². The molecule has 4 aliphatic rings. The maximum atomic E-state index is 11.1. The van der Waals surface area contributed by atoms with Gasteiger partial charge in [-0.3, -0.25) is 24.4 Å². The van der Waals surface area contributed by atoms with Gasteiger partial charge in [-0.25, -0.2) is 4.90 Å². The summed E-state index contributed by atoms with van der Waals surface area (Å²) in [6.45, 7) is 15.4. The first-order valence-electron chi connectivity index (χ1n) is 13.2. The maximum absolute atomic E-state index is 11.1. The molecular weight excluding hydrogens is 438 g/mol. The molecule has 0 spiro atoms. The highest BCUT2D eigenvalue weighted by molar-refractivity contribution is 5.33. The third-order valence-electron chi connectivity index (χ3n) is 10.1. The predicted molar refractivity (Wildman–Crippen MR) is 137 cm³/mol. The van der Waals surface area contributed by atoms with E-state index in [1.54, 1.807) is 12.1 Å². The Morgan fingerprint density at radius 1 is 0.886 bits per heavy atom. The standard InChI is InChI=1S/C28H38N5O2/c1-27-28(2)29-13-6-17-33(28,22-24-7-4-3-5-8-24)18-16-31(27)21-25(20-30(27)15-14-29)19-23-9-11-26(12-10-23)32(34)35/h3-5,7-12,25H,6,13-22H2,1-2H3/q+1/t25-,27+,28-,33?/m0/s1. The van der Waals surface area contributed by atoms with Crippen molar-refractivity contribution in [2.75, 3.05) is 52.4 Å². The number of benzene rings is 2. The van der Waals surface area contributed by atoms with Gasteiger partial charge in [0, 0.05) is 70.3 Å². The molecule has 4 fully saturated rings. The summed E-state index contributed by atoms with van der Waals surface area (Å²) < 4.78 is 1.16. The van der Waals surface area contributed by atoms with Crippen LogP contribution in [0.15, 0.2) is 54.6 Å². The van der Waals surface area contributed by atoms with E-state index in [4.69, 9.17) is 0 Å². The Morgan fingerprint density at radius 3 is 2.29 bits per heavy atom. The molecule has 6 rings (SSSR count). The van der Waals surface area contributed by atoms with E-state index in [0.717, 1.165) is 50.2 Å². The molecule has 4 saturated heterocycles. The molecule has 186 valence electrons. The van der Waals surface area contributed by atoms with Gasteiger partial charge in [0.2, 0.25) is 0 Å². The van der Waals surface area contributed by atoms with Crippen molar-refractivity contribution in [1.82, 2.24) is 14.7 Å². The minimum Gasteiger partial charge on any atom is -0.299 e. The third kappa shape index (κ3) is 3.39. The minimum atomic E-state index is -0.312. The quantitative estimate of drug-likeness (QED) is 0.375. The van der Waals surface area contributed by atoms with E-state index in [9.17, 15) is 10.1 Å². The summed E-state index contributed by atoms with van der Waals surface area (Å²) in [6.07, 6.45) is 2.26. The van der Waals surface area contributed by atoms with Crippen molar-refractivity contribution in [3.63, 3.8) is 0 Å². The zero-order valence-electron chi connectivity index (χ0n) is 21.1. The highest BCUT2D eigenvalue weighted by atomic mass is 16.6. The highest BCUT2D eigenvalue weighted by Crippen LogP contribution is 2.53. The lowest BCUT2D eigenvalue weighted by Crippen LogP contribution is -2.94. The highest BCUT2D eigenvalue weighted by Gasteiger charge is 2.72. The van der Waals surface area contributed by atoms with Crippen molar-refractivity contribution in [2.45, 2.75) is 44.6 Å². The Hall–Kier alpha value is -2.32. The van der Waals surface area contributed by atoms with Crippen LogP contribution in [0.2, 0.25) is 0 Å². The second-order valence-corrected chi connectivity index (χ2v) is 11.5. The van der Waals surface area contributed by atoms with Crippen LogP contribution in [0.25, 0.3) is 0 Å². The van der Waals surface area contributed by atoms with Gasteiger partial charge in [-0.1, -0.05) is 42.5 Å². The summed E-state index contributed by atoms with van der Waals surface area (Å²) in [4.78, 5) is 19.2. The minimum absolute atomic E-state index is 0.00464. The first-order valence-corrected chi connectivity index (χ1v) is 13.2. The smallest absolute Gasteiger partial charge is 0.269 e. The van der Waals surface area contributed by atoms with Crippen LogP contribution in [0.5, 0.6) is 0 Å². The van der Waals surface area contributed by atoms with Gasteiger partial charge in [-0.15, -0.1) is 0 Å². The predicted octanol–water partition coefficient (Wildman–Crippen LogP) is 3.55. The van der Waals surface area contributed by atoms with E-state index in [0.29, 0.717) is 5.92 Å². The molecule has 2 aromatic carbocycles. The van der Waals surface area contributed by atoms with Crippen molar-refractivity contribution in [3.05, 3.63) is 75.8 Å². The first kappa shape index (κ1) is 23.1. The number of nitro benzene ring substituents is 1. The lowest BCUT2D eigenvalue weighted by Gasteiger charge is -2.75. The molecule has 4 heterocycles. The fourth-order valence-electron chi connectivity index (χ4n) is 8.18. The van der Waals surface area contributed by atoms with Gasteiger partial charge in [0.05, 0.1) is 18.0 Å². The zero-order valence-corrected chi connectivity index (χ0v) is 21.1. The van der Waals surface area contributed by atoms with Gasteiger partial charge in [0.1, 0.15) is 12.2 Å². The summed E-state index contributed by atoms with van der Waals surface area (Å²) in [7, 11) is 0. The number of quaternary nitrogens is 1. The molecule has 0 aromatic heterocycles. The van der Waals surface area contributed by atoms with Crippen LogP contribution in [-0.4, -0.2) is 87.8 Å². The fraction of sp³-hybridized carbons (Fsp3) is 0.571. The Bertz CT molecular complexity index is 1080. The fourth-order valence-corrected chi connectivity index (χ4v) is 8.18. The number of nitro groups is 1. The molecule has 4 atom stereocenters. The van der Waals surface area contributed by atoms with Gasteiger partial charge in [-0.2, -0.15) is 0 Å². The van der Waals surface area contributed by atoms with Crippen LogP contribution in [0.4, 0.5) is 5.69 Å². The van der Waals surface area contributed by atoms with Crippen LogP contribution in [-0.2, 0) is 13.0 Å². The molecular formula is C28H38N5O2+. The molecule has 1 unspecified atom stereocenters. The Morgan fingerprint density at radius 2 is 1.57 bits per heavy atom. The topological polar surface area (TPSA) is 52.9 Å². The lowest BCUT2D eigenvalue weighted by molar-refractivity contribution is -1.02. The molecule has 7 nitrogen and oxygen atoms in total. The van der Waals surface area contributed by atoms with Gasteiger partial charge in [0.25, 0.3) is 5.69 Å². The molecule has 35 heavy (non-hydrogen) atoms. The Balaban J connectivity index is 1.30. The molecule has 0 radical (unpaired) electrons. The van der Waals surface area contributed by atoms with Crippen LogP contribution in [0, 0.1) is 16.0 Å². The van der Waals surface area contributed by atoms with Crippen molar-refractivity contribution in [3.8, 4) is 0 Å². The SMILES string of the molecule is C[C@@]12N3CCN4CCC[N+](Cc5ccccc5)(CCN1C[C@@H](Cc1ccc([N+](=O)[O-])cc1)C3)[C@]42C. The third-order valence-corrected chi connectivity index (χ3v) is 10.1. The number of piperazine rings is 2. The van der Waals surface area contributed by atoms with Crippen molar-refractivity contribution < 1.29 is 9.41 Å². The number of hydrogen-bond donors (Lipinski definition) is 0. The first-order chi connectivity index (χ1) is 16.9. The average Bonchev–Trinajstić information content (AvgIpc) is 2.85. The summed E-state index contributed by atoms with van der Waals surface area (Å²) in [5, 5.41) is 11.1. The van der Waals surface area contributed by atoms with E-state index in [-0.39, 0.29) is 21.9 Å². The van der Waals surface area contributed by atoms with Gasteiger partial charge >= 0.3 is 0 Å². The lowest BCUT2D eigenvalue weighted by atomic mass is 9.75. The van der Waals surface area contributed by atoms with Crippen LogP contribution >= 0.6 is 0 Å². The summed E-state index contributed by atoms with van der Waals surface area (Å²) >= 11 is 0. The van der Waals surface area contributed by atoms with Gasteiger partial charge in [-0.05, 0) is 24.8 Å². The van der Waals surface area contributed by atoms with Crippen LogP contribution in [0.1, 0.15) is 31.4 Å². The van der Waals surface area contributed by atoms with Gasteiger partial charge in [0.15, 0.2) is 5.66 Å². The average molecular weight is 477 g/mol. The van der Waals surface area contributed by atoms with E-state index >= 15 is 0 Å². The number of non-ortho nitro benzene ring substituents is 1. The number of rotatable bonds is 5. The molecule has 0 bridgehead atoms. The summed E-state index contributed by atoms with van der Waals surface area (Å²) in [5.74, 6) is 0.539. The Kier molecular flexibility index (Phi) is 5.53. The summed E-state index contributed by atoms with van der Waals surface area (Å²) in [6, 6.07) is 18.3. The molecule has 7 heteroatoms. The van der Waals surface area contributed by atoms with E-state index in [1.165, 1.54) is 37.2 Å². The van der Waals surface area contributed by atoms with E-state index < -0.39 is 0 Å². The van der Waals surface area contributed by atoms with E-state index in [1.807, 2.05) is 12.1 Å². The molecule has 0 N–H and O–H groups in total. The van der Waals surface area contributed by atoms with Crippen molar-refractivity contribution in [1.29, 1.82) is 0 Å². The molecule has 4 aliphatic heterocycles. The zero-order chi connectivity index (χ0) is 24.3. The molecule has 0 saturated carbocycles. The molecule has 0 amide bonds.